The maximum absolute atomic E-state index is 13.6. The van der Waals surface area contributed by atoms with Crippen molar-refractivity contribution in [2.75, 3.05) is 7.11 Å². The van der Waals surface area contributed by atoms with Crippen LogP contribution in [-0.4, -0.2) is 27.3 Å². The van der Waals surface area contributed by atoms with E-state index in [4.69, 9.17) is 4.74 Å². The van der Waals surface area contributed by atoms with Gasteiger partial charge in [0.05, 0.1) is 7.11 Å². The molecule has 0 unspecified atom stereocenters. The minimum Gasteiger partial charge on any atom is -0.494 e. The van der Waals surface area contributed by atoms with Crippen LogP contribution in [0.5, 0.6) is 5.75 Å². The number of nitrogens with zero attached hydrogens (tertiary/aromatic N) is 4. The summed E-state index contributed by atoms with van der Waals surface area (Å²) in [5, 5.41) is 11.4. The van der Waals surface area contributed by atoms with Crippen molar-refractivity contribution in [1.82, 2.24) is 20.2 Å². The van der Waals surface area contributed by atoms with Gasteiger partial charge in [0.1, 0.15) is 6.54 Å². The zero-order valence-electron chi connectivity index (χ0n) is 10.7. The third-order valence-electron chi connectivity index (χ3n) is 2.59. The van der Waals surface area contributed by atoms with Gasteiger partial charge in [0.15, 0.2) is 17.4 Å². The Morgan fingerprint density at radius 2 is 2.26 bits per heavy atom. The van der Waals surface area contributed by atoms with Crippen molar-refractivity contribution in [2.24, 2.45) is 0 Å². The number of methoxy groups -OCH3 is 1. The lowest BCUT2D eigenvalue weighted by Gasteiger charge is -2.05. The van der Waals surface area contributed by atoms with Crippen LogP contribution in [0.4, 0.5) is 4.39 Å². The molecule has 0 radical (unpaired) electrons. The number of hydrogen-bond acceptors (Lipinski definition) is 4. The molecular formula is C13H13FN4O. The van der Waals surface area contributed by atoms with E-state index in [1.54, 1.807) is 23.7 Å². The highest BCUT2D eigenvalue weighted by atomic mass is 19.1. The predicted octanol–water partition coefficient (Wildman–Crippen LogP) is 1.43. The van der Waals surface area contributed by atoms with Crippen LogP contribution in [0.15, 0.2) is 18.2 Å². The van der Waals surface area contributed by atoms with Gasteiger partial charge >= 0.3 is 0 Å². The average Bonchev–Trinajstić information content (AvgIpc) is 2.84. The van der Waals surface area contributed by atoms with Gasteiger partial charge in [-0.1, -0.05) is 12.0 Å². The molecule has 6 heteroatoms. The van der Waals surface area contributed by atoms with E-state index in [9.17, 15) is 4.39 Å². The van der Waals surface area contributed by atoms with Crippen molar-refractivity contribution in [3.8, 4) is 17.6 Å². The number of halogens is 1. The highest BCUT2D eigenvalue weighted by molar-refractivity contribution is 5.30. The van der Waals surface area contributed by atoms with E-state index in [-0.39, 0.29) is 5.75 Å². The van der Waals surface area contributed by atoms with Crippen molar-refractivity contribution < 1.29 is 9.13 Å². The molecule has 0 N–H and O–H groups in total. The Balaban J connectivity index is 2.18. The molecule has 19 heavy (non-hydrogen) atoms. The lowest BCUT2D eigenvalue weighted by Crippen LogP contribution is -2.05. The molecule has 1 heterocycles. The predicted molar refractivity (Wildman–Crippen MR) is 67.0 cm³/mol. The number of benzene rings is 1. The molecule has 0 aliphatic carbocycles. The first-order chi connectivity index (χ1) is 9.24. The molecule has 1 aromatic heterocycles. The summed E-state index contributed by atoms with van der Waals surface area (Å²) < 4.78 is 20.0. The topological polar surface area (TPSA) is 52.8 Å². The minimum absolute atomic E-state index is 0.222. The van der Waals surface area contributed by atoms with E-state index in [2.05, 4.69) is 27.4 Å². The average molecular weight is 260 g/mol. The van der Waals surface area contributed by atoms with Crippen molar-refractivity contribution in [3.63, 3.8) is 0 Å². The van der Waals surface area contributed by atoms with E-state index >= 15 is 0 Å². The molecule has 2 rings (SSSR count). The minimum atomic E-state index is -0.396. The fourth-order valence-electron chi connectivity index (χ4n) is 1.63. The van der Waals surface area contributed by atoms with E-state index in [0.717, 1.165) is 5.56 Å². The summed E-state index contributed by atoms with van der Waals surface area (Å²) in [5.74, 6) is 6.13. The monoisotopic (exact) mass is 260 g/mol. The normalized spacial score (nSPS) is 9.84. The third kappa shape index (κ3) is 3.07. The highest BCUT2D eigenvalue weighted by Gasteiger charge is 2.09. The number of ether oxygens (including phenoxy) is 1. The van der Waals surface area contributed by atoms with E-state index in [1.807, 2.05) is 0 Å². The second-order valence-electron chi connectivity index (χ2n) is 3.83. The molecule has 0 amide bonds. The molecular weight excluding hydrogens is 247 g/mol. The Bertz CT molecular complexity index is 627. The molecule has 0 saturated carbocycles. The largest absolute Gasteiger partial charge is 0.494 e. The molecule has 2 aromatic rings. The summed E-state index contributed by atoms with van der Waals surface area (Å²) in [6.07, 6.45) is 0.444. The van der Waals surface area contributed by atoms with Gasteiger partial charge in [-0.15, -0.1) is 11.0 Å². The standard InChI is InChI=1S/C13H13FN4O/c1-3-4-7-18-13(15-16-17-18)9-10-5-6-12(19-2)11(14)8-10/h5-6,8H,7,9H2,1-2H3. The van der Waals surface area contributed by atoms with Crippen LogP contribution in [-0.2, 0) is 13.0 Å². The van der Waals surface area contributed by atoms with Crippen LogP contribution in [0.1, 0.15) is 18.3 Å². The first-order valence-electron chi connectivity index (χ1n) is 5.71. The quantitative estimate of drug-likeness (QED) is 0.780. The van der Waals surface area contributed by atoms with Crippen LogP contribution in [0, 0.1) is 17.7 Å². The summed E-state index contributed by atoms with van der Waals surface area (Å²) in [6.45, 7) is 2.18. The Kier molecular flexibility index (Phi) is 4.08. The second-order valence-corrected chi connectivity index (χ2v) is 3.83. The molecule has 0 saturated heterocycles. The zero-order chi connectivity index (χ0) is 13.7. The Morgan fingerprint density at radius 1 is 1.42 bits per heavy atom. The summed E-state index contributed by atoms with van der Waals surface area (Å²) in [7, 11) is 1.43. The number of tetrazole rings is 1. The number of aromatic nitrogens is 4. The van der Waals surface area contributed by atoms with E-state index in [0.29, 0.717) is 18.8 Å². The lowest BCUT2D eigenvalue weighted by molar-refractivity contribution is 0.386. The second kappa shape index (κ2) is 5.96. The lowest BCUT2D eigenvalue weighted by atomic mass is 10.1. The van der Waals surface area contributed by atoms with Gasteiger partial charge in [0.2, 0.25) is 0 Å². The van der Waals surface area contributed by atoms with Crippen LogP contribution < -0.4 is 4.74 Å². The van der Waals surface area contributed by atoms with Crippen LogP contribution in [0.25, 0.3) is 0 Å². The van der Waals surface area contributed by atoms with E-state index < -0.39 is 5.82 Å². The fourth-order valence-corrected chi connectivity index (χ4v) is 1.63. The van der Waals surface area contributed by atoms with Gasteiger partial charge in [-0.25, -0.2) is 9.07 Å². The highest BCUT2D eigenvalue weighted by Crippen LogP contribution is 2.18. The number of hydrogen-bond donors (Lipinski definition) is 0. The SMILES string of the molecule is CC#CCn1nnnc1Cc1ccc(OC)c(F)c1. The van der Waals surface area contributed by atoms with Crippen molar-refractivity contribution >= 4 is 0 Å². The summed E-state index contributed by atoms with van der Waals surface area (Å²) >= 11 is 0. The van der Waals surface area contributed by atoms with Gasteiger partial charge < -0.3 is 4.74 Å². The molecule has 0 aliphatic heterocycles. The molecule has 5 nitrogen and oxygen atoms in total. The van der Waals surface area contributed by atoms with Crippen molar-refractivity contribution in [1.29, 1.82) is 0 Å². The van der Waals surface area contributed by atoms with Gasteiger partial charge in [-0.3, -0.25) is 0 Å². The summed E-state index contributed by atoms with van der Waals surface area (Å²) in [6, 6.07) is 4.79. The first kappa shape index (κ1) is 13.0. The van der Waals surface area contributed by atoms with Crippen molar-refractivity contribution in [3.05, 3.63) is 35.4 Å². The van der Waals surface area contributed by atoms with Gasteiger partial charge in [0.25, 0.3) is 0 Å². The van der Waals surface area contributed by atoms with Gasteiger partial charge in [0, 0.05) is 6.42 Å². The maximum Gasteiger partial charge on any atom is 0.165 e. The smallest absolute Gasteiger partial charge is 0.165 e. The number of rotatable bonds is 4. The first-order valence-corrected chi connectivity index (χ1v) is 5.71. The van der Waals surface area contributed by atoms with E-state index in [1.165, 1.54) is 13.2 Å². The van der Waals surface area contributed by atoms with Crippen LogP contribution in [0.2, 0.25) is 0 Å². The maximum atomic E-state index is 13.6. The van der Waals surface area contributed by atoms with Crippen LogP contribution >= 0.6 is 0 Å². The fraction of sp³-hybridized carbons (Fsp3) is 0.308. The Hall–Kier alpha value is -2.42. The Labute approximate surface area is 110 Å². The Morgan fingerprint density at radius 3 is 2.95 bits per heavy atom. The van der Waals surface area contributed by atoms with Crippen LogP contribution in [0.3, 0.4) is 0 Å². The van der Waals surface area contributed by atoms with Gasteiger partial charge in [-0.05, 0) is 35.0 Å². The molecule has 0 aliphatic rings. The third-order valence-corrected chi connectivity index (χ3v) is 2.59. The molecule has 0 fully saturated rings. The van der Waals surface area contributed by atoms with Crippen molar-refractivity contribution in [2.45, 2.75) is 19.9 Å². The molecule has 1 aromatic carbocycles. The zero-order valence-corrected chi connectivity index (χ0v) is 10.7. The molecule has 0 atom stereocenters. The van der Waals surface area contributed by atoms with Gasteiger partial charge in [-0.2, -0.15) is 0 Å². The summed E-state index contributed by atoms with van der Waals surface area (Å²) in [5.41, 5.74) is 0.777. The summed E-state index contributed by atoms with van der Waals surface area (Å²) in [4.78, 5) is 0. The molecule has 98 valence electrons. The molecule has 0 spiro atoms. The molecule has 0 bridgehead atoms.